The van der Waals surface area contributed by atoms with Gasteiger partial charge in [0.1, 0.15) is 28.7 Å². The maximum Gasteiger partial charge on any atom is 0.311 e. The Bertz CT molecular complexity index is 1370. The zero-order chi connectivity index (χ0) is 23.0. The molecule has 2 heterocycles. The Morgan fingerprint density at radius 3 is 2.59 bits per heavy atom. The summed E-state index contributed by atoms with van der Waals surface area (Å²) in [5.41, 5.74) is 1.47. The first-order chi connectivity index (χ1) is 15.3. The number of rotatable bonds is 5. The number of nitrogens with zero attached hydrogens (tertiary/aromatic N) is 1. The smallest absolute Gasteiger partial charge is 0.311 e. The third-order valence-electron chi connectivity index (χ3n) is 5.24. The van der Waals surface area contributed by atoms with Gasteiger partial charge in [-0.25, -0.2) is 4.39 Å². The first kappa shape index (κ1) is 21.8. The van der Waals surface area contributed by atoms with Crippen molar-refractivity contribution < 1.29 is 22.9 Å². The lowest BCUT2D eigenvalue weighted by molar-refractivity contribution is -0.134. The molecule has 0 fully saturated rings. The highest BCUT2D eigenvalue weighted by atomic mass is 35.5. The third kappa shape index (κ3) is 4.03. The molecule has 0 amide bonds. The molecule has 4 rings (SSSR count). The lowest BCUT2D eigenvalue weighted by Gasteiger charge is -2.10. The van der Waals surface area contributed by atoms with E-state index in [1.54, 1.807) is 13.8 Å². The minimum Gasteiger partial charge on any atom is -0.460 e. The Hall–Kier alpha value is -3.45. The first-order valence-corrected chi connectivity index (χ1v) is 10.3. The van der Waals surface area contributed by atoms with E-state index in [-0.39, 0.29) is 45.0 Å². The van der Waals surface area contributed by atoms with Crippen LogP contribution in [-0.4, -0.2) is 11.1 Å². The fraction of sp³-hybridized carbons (Fsp3) is 0.208. The monoisotopic (exact) mass is 455 g/mol. The van der Waals surface area contributed by atoms with Crippen LogP contribution >= 0.6 is 11.6 Å². The number of halogens is 2. The van der Waals surface area contributed by atoms with Gasteiger partial charge in [0.05, 0.1) is 28.1 Å². The largest absolute Gasteiger partial charge is 0.460 e. The normalized spacial score (nSPS) is 11.2. The second kappa shape index (κ2) is 8.59. The average Bonchev–Trinajstić information content (AvgIpc) is 3.05. The molecule has 0 atom stereocenters. The summed E-state index contributed by atoms with van der Waals surface area (Å²) in [5.74, 6) is 0.0511. The molecule has 8 heteroatoms. The van der Waals surface area contributed by atoms with Crippen LogP contribution in [0.3, 0.4) is 0 Å². The predicted molar refractivity (Wildman–Crippen MR) is 118 cm³/mol. The minimum atomic E-state index is -0.615. The minimum absolute atomic E-state index is 0.00264. The van der Waals surface area contributed by atoms with Crippen molar-refractivity contribution in [3.8, 4) is 16.9 Å². The van der Waals surface area contributed by atoms with Crippen LogP contribution < -0.4 is 10.2 Å². The van der Waals surface area contributed by atoms with Crippen molar-refractivity contribution in [2.24, 2.45) is 0 Å². The second-order valence-corrected chi connectivity index (χ2v) is 7.80. The molecule has 0 saturated heterocycles. The molecule has 0 unspecified atom stereocenters. The van der Waals surface area contributed by atoms with Crippen LogP contribution in [0, 0.1) is 26.6 Å². The Morgan fingerprint density at radius 2 is 1.91 bits per heavy atom. The fourth-order valence-electron chi connectivity index (χ4n) is 3.64. The molecule has 0 radical (unpaired) electrons. The van der Waals surface area contributed by atoms with Crippen LogP contribution in [0.5, 0.6) is 5.75 Å². The highest BCUT2D eigenvalue weighted by Gasteiger charge is 2.20. The van der Waals surface area contributed by atoms with Crippen LogP contribution in [-0.2, 0) is 11.2 Å². The summed E-state index contributed by atoms with van der Waals surface area (Å²) in [6.45, 7) is 5.16. The zero-order valence-electron chi connectivity index (χ0n) is 17.6. The highest BCUT2D eigenvalue weighted by molar-refractivity contribution is 6.33. The number of esters is 1. The van der Waals surface area contributed by atoms with E-state index >= 15 is 0 Å². The third-order valence-corrected chi connectivity index (χ3v) is 5.56. The van der Waals surface area contributed by atoms with Crippen LogP contribution in [0.25, 0.3) is 22.1 Å². The van der Waals surface area contributed by atoms with E-state index in [0.717, 1.165) is 11.3 Å². The van der Waals surface area contributed by atoms with Gasteiger partial charge in [-0.3, -0.25) is 9.59 Å². The Morgan fingerprint density at radius 1 is 1.12 bits per heavy atom. The molecule has 2 aromatic heterocycles. The van der Waals surface area contributed by atoms with Gasteiger partial charge >= 0.3 is 5.97 Å². The number of carbonyl (C=O) groups excluding carboxylic acids is 1. The van der Waals surface area contributed by atoms with E-state index in [4.69, 9.17) is 25.3 Å². The van der Waals surface area contributed by atoms with Crippen molar-refractivity contribution in [1.29, 1.82) is 0 Å². The standard InChI is InChI=1S/C24H19ClFNO5/c1-12-16(13(2)32-27-12)9-10-21(28)31-15-7-8-17-20(11-15)30-14(3)22(24(17)29)23-18(25)5-4-6-19(23)26/h4-8,11H,9-10H2,1-3H3. The molecular formula is C24H19ClFNO5. The molecule has 32 heavy (non-hydrogen) atoms. The van der Waals surface area contributed by atoms with Gasteiger partial charge in [0.25, 0.3) is 0 Å². The molecule has 0 saturated carbocycles. The highest BCUT2D eigenvalue weighted by Crippen LogP contribution is 2.33. The van der Waals surface area contributed by atoms with Crippen molar-refractivity contribution in [2.45, 2.75) is 33.6 Å². The Labute approximate surface area is 187 Å². The number of carbonyl (C=O) groups is 1. The molecule has 6 nitrogen and oxygen atoms in total. The molecule has 0 aliphatic rings. The van der Waals surface area contributed by atoms with Gasteiger partial charge in [-0.1, -0.05) is 22.8 Å². The average molecular weight is 456 g/mol. The molecule has 0 spiro atoms. The molecule has 0 N–H and O–H groups in total. The van der Waals surface area contributed by atoms with E-state index in [1.807, 2.05) is 6.92 Å². The van der Waals surface area contributed by atoms with Crippen LogP contribution in [0.15, 0.2) is 50.1 Å². The maximum atomic E-state index is 14.4. The van der Waals surface area contributed by atoms with Gasteiger partial charge in [0.15, 0.2) is 0 Å². The van der Waals surface area contributed by atoms with Crippen molar-refractivity contribution in [1.82, 2.24) is 5.16 Å². The topological polar surface area (TPSA) is 82.5 Å². The summed E-state index contributed by atoms with van der Waals surface area (Å²) in [7, 11) is 0. The molecule has 0 aliphatic heterocycles. The van der Waals surface area contributed by atoms with Gasteiger partial charge in [0, 0.05) is 17.2 Å². The predicted octanol–water partition coefficient (Wildman–Crippen LogP) is 5.70. The zero-order valence-corrected chi connectivity index (χ0v) is 18.4. The van der Waals surface area contributed by atoms with Gasteiger partial charge in [-0.2, -0.15) is 0 Å². The van der Waals surface area contributed by atoms with Crippen molar-refractivity contribution in [3.05, 3.63) is 80.2 Å². The summed E-state index contributed by atoms with van der Waals surface area (Å²) < 4.78 is 30.7. The lowest BCUT2D eigenvalue weighted by atomic mass is 10.0. The van der Waals surface area contributed by atoms with Gasteiger partial charge < -0.3 is 13.7 Å². The number of hydrogen-bond acceptors (Lipinski definition) is 6. The van der Waals surface area contributed by atoms with Crippen molar-refractivity contribution >= 4 is 28.5 Å². The molecule has 4 aromatic rings. The fourth-order valence-corrected chi connectivity index (χ4v) is 3.90. The number of hydrogen-bond donors (Lipinski definition) is 0. The van der Waals surface area contributed by atoms with E-state index < -0.39 is 17.2 Å². The SMILES string of the molecule is Cc1noc(C)c1CCC(=O)Oc1ccc2c(=O)c(-c3c(F)cccc3Cl)c(C)oc2c1. The number of aromatic nitrogens is 1. The van der Waals surface area contributed by atoms with Crippen molar-refractivity contribution in [3.63, 3.8) is 0 Å². The first-order valence-electron chi connectivity index (χ1n) is 9.90. The summed E-state index contributed by atoms with van der Waals surface area (Å²) in [6.07, 6.45) is 0.573. The molecule has 0 aliphatic carbocycles. The van der Waals surface area contributed by atoms with Gasteiger partial charge in [-0.15, -0.1) is 0 Å². The molecule has 164 valence electrons. The number of aryl methyl sites for hydroxylation is 3. The molecule has 0 bridgehead atoms. The van der Waals surface area contributed by atoms with E-state index in [9.17, 15) is 14.0 Å². The summed E-state index contributed by atoms with van der Waals surface area (Å²) in [4.78, 5) is 25.4. The summed E-state index contributed by atoms with van der Waals surface area (Å²) >= 11 is 6.14. The number of benzene rings is 2. The second-order valence-electron chi connectivity index (χ2n) is 7.39. The van der Waals surface area contributed by atoms with Gasteiger partial charge in [0.2, 0.25) is 5.43 Å². The van der Waals surface area contributed by atoms with E-state index in [2.05, 4.69) is 5.16 Å². The van der Waals surface area contributed by atoms with E-state index in [0.29, 0.717) is 12.2 Å². The van der Waals surface area contributed by atoms with Crippen LogP contribution in [0.4, 0.5) is 4.39 Å². The van der Waals surface area contributed by atoms with E-state index in [1.165, 1.54) is 36.4 Å². The van der Waals surface area contributed by atoms with Crippen LogP contribution in [0.1, 0.15) is 29.2 Å². The Balaban J connectivity index is 1.61. The number of ether oxygens (including phenoxy) is 1. The van der Waals surface area contributed by atoms with Crippen LogP contribution in [0.2, 0.25) is 5.02 Å². The lowest BCUT2D eigenvalue weighted by Crippen LogP contribution is -2.11. The Kier molecular flexibility index (Phi) is 5.84. The molecular weight excluding hydrogens is 437 g/mol. The maximum absolute atomic E-state index is 14.4. The number of fused-ring (bicyclic) bond motifs is 1. The molecule has 2 aromatic carbocycles. The van der Waals surface area contributed by atoms with Gasteiger partial charge in [-0.05, 0) is 51.5 Å². The summed E-state index contributed by atoms with van der Waals surface area (Å²) in [5, 5.41) is 4.20. The van der Waals surface area contributed by atoms with Crippen molar-refractivity contribution in [2.75, 3.05) is 0 Å². The summed E-state index contributed by atoms with van der Waals surface area (Å²) in [6, 6.07) is 8.64. The quantitative estimate of drug-likeness (QED) is 0.283.